The molecular formula is C14H27N. The third kappa shape index (κ3) is 2.96. The van der Waals surface area contributed by atoms with E-state index in [0.29, 0.717) is 5.41 Å². The maximum Gasteiger partial charge on any atom is 0.0162 e. The van der Waals surface area contributed by atoms with E-state index in [1.54, 1.807) is 0 Å². The molecule has 2 N–H and O–H groups in total. The lowest BCUT2D eigenvalue weighted by molar-refractivity contribution is 0.243. The van der Waals surface area contributed by atoms with Crippen LogP contribution in [0.25, 0.3) is 0 Å². The van der Waals surface area contributed by atoms with Crippen molar-refractivity contribution in [3.05, 3.63) is 0 Å². The minimum Gasteiger partial charge on any atom is -0.325 e. The number of nitrogens with two attached hydrogens (primary N) is 1. The molecule has 2 saturated carbocycles. The van der Waals surface area contributed by atoms with Crippen LogP contribution in [0.5, 0.6) is 0 Å². The van der Waals surface area contributed by atoms with Crippen molar-refractivity contribution in [2.45, 2.75) is 77.2 Å². The molecule has 2 aliphatic carbocycles. The number of rotatable bonds is 2. The van der Waals surface area contributed by atoms with Crippen LogP contribution in [0.3, 0.4) is 0 Å². The van der Waals surface area contributed by atoms with Crippen LogP contribution >= 0.6 is 0 Å². The first-order valence-corrected chi connectivity index (χ1v) is 6.78. The predicted octanol–water partition coefficient (Wildman–Crippen LogP) is 3.86. The largest absolute Gasteiger partial charge is 0.325 e. The third-order valence-electron chi connectivity index (χ3n) is 4.55. The van der Waals surface area contributed by atoms with Gasteiger partial charge in [0.25, 0.3) is 0 Å². The SMILES string of the molecule is CC1(C)CCC(N)(CC2CCCCC2)C1. The van der Waals surface area contributed by atoms with Crippen LogP contribution in [-0.2, 0) is 0 Å². The van der Waals surface area contributed by atoms with Crippen LogP contribution in [0.15, 0.2) is 0 Å². The molecule has 0 spiro atoms. The van der Waals surface area contributed by atoms with E-state index in [-0.39, 0.29) is 5.54 Å². The smallest absolute Gasteiger partial charge is 0.0162 e. The zero-order chi connectivity index (χ0) is 10.9. The highest BCUT2D eigenvalue weighted by molar-refractivity contribution is 4.98. The first kappa shape index (κ1) is 11.4. The Kier molecular flexibility index (Phi) is 3.12. The van der Waals surface area contributed by atoms with Crippen molar-refractivity contribution < 1.29 is 0 Å². The van der Waals surface area contributed by atoms with Crippen LogP contribution in [0.1, 0.15) is 71.6 Å². The maximum atomic E-state index is 6.57. The molecule has 1 atom stereocenters. The lowest BCUT2D eigenvalue weighted by Crippen LogP contribution is -2.40. The summed E-state index contributed by atoms with van der Waals surface area (Å²) in [6, 6.07) is 0. The molecule has 0 aromatic heterocycles. The van der Waals surface area contributed by atoms with E-state index in [1.807, 2.05) is 0 Å². The van der Waals surface area contributed by atoms with Gasteiger partial charge in [-0.25, -0.2) is 0 Å². The predicted molar refractivity (Wildman–Crippen MR) is 65.7 cm³/mol. The minimum atomic E-state index is 0.186. The molecule has 2 aliphatic rings. The Bertz CT molecular complexity index is 215. The molecule has 1 unspecified atom stereocenters. The van der Waals surface area contributed by atoms with Gasteiger partial charge in [-0.3, -0.25) is 0 Å². The summed E-state index contributed by atoms with van der Waals surface area (Å²) in [5.41, 5.74) is 7.25. The highest BCUT2D eigenvalue weighted by atomic mass is 14.8. The van der Waals surface area contributed by atoms with Gasteiger partial charge in [0, 0.05) is 5.54 Å². The fourth-order valence-electron chi connectivity index (χ4n) is 3.86. The molecule has 0 heterocycles. The van der Waals surface area contributed by atoms with Crippen LogP contribution in [0, 0.1) is 11.3 Å². The van der Waals surface area contributed by atoms with Gasteiger partial charge >= 0.3 is 0 Å². The van der Waals surface area contributed by atoms with Crippen molar-refractivity contribution in [1.29, 1.82) is 0 Å². The van der Waals surface area contributed by atoms with Crippen LogP contribution in [-0.4, -0.2) is 5.54 Å². The lowest BCUT2D eigenvalue weighted by atomic mass is 9.77. The molecule has 0 radical (unpaired) electrons. The van der Waals surface area contributed by atoms with Crippen molar-refractivity contribution in [3.8, 4) is 0 Å². The van der Waals surface area contributed by atoms with Crippen molar-refractivity contribution in [1.82, 2.24) is 0 Å². The molecular weight excluding hydrogens is 182 g/mol. The summed E-state index contributed by atoms with van der Waals surface area (Å²) >= 11 is 0. The van der Waals surface area contributed by atoms with Crippen LogP contribution < -0.4 is 5.73 Å². The maximum absolute atomic E-state index is 6.57. The van der Waals surface area contributed by atoms with Gasteiger partial charge in [0.05, 0.1) is 0 Å². The van der Waals surface area contributed by atoms with E-state index in [2.05, 4.69) is 13.8 Å². The zero-order valence-corrected chi connectivity index (χ0v) is 10.5. The first-order valence-electron chi connectivity index (χ1n) is 6.78. The lowest BCUT2D eigenvalue weighted by Gasteiger charge is -2.32. The Morgan fingerprint density at radius 2 is 1.73 bits per heavy atom. The summed E-state index contributed by atoms with van der Waals surface area (Å²) in [7, 11) is 0. The fraction of sp³-hybridized carbons (Fsp3) is 1.00. The van der Waals surface area contributed by atoms with Crippen molar-refractivity contribution >= 4 is 0 Å². The van der Waals surface area contributed by atoms with Gasteiger partial charge in [-0.15, -0.1) is 0 Å². The van der Waals surface area contributed by atoms with Gasteiger partial charge in [0.15, 0.2) is 0 Å². The normalized spacial score (nSPS) is 37.0. The summed E-state index contributed by atoms with van der Waals surface area (Å²) in [5, 5.41) is 0. The Balaban J connectivity index is 1.88. The van der Waals surface area contributed by atoms with Crippen LogP contribution in [0.4, 0.5) is 0 Å². The highest BCUT2D eigenvalue weighted by Crippen LogP contribution is 2.46. The molecule has 0 aromatic rings. The summed E-state index contributed by atoms with van der Waals surface area (Å²) in [6.07, 6.45) is 12.4. The minimum absolute atomic E-state index is 0.186. The molecule has 1 nitrogen and oxygen atoms in total. The van der Waals surface area contributed by atoms with E-state index in [0.717, 1.165) is 5.92 Å². The Morgan fingerprint density at radius 1 is 1.07 bits per heavy atom. The van der Waals surface area contributed by atoms with Gasteiger partial charge in [-0.2, -0.15) is 0 Å². The third-order valence-corrected chi connectivity index (χ3v) is 4.55. The van der Waals surface area contributed by atoms with Crippen molar-refractivity contribution in [3.63, 3.8) is 0 Å². The molecule has 0 aromatic carbocycles. The standard InChI is InChI=1S/C14H27N/c1-13(2)8-9-14(15,11-13)10-12-6-4-3-5-7-12/h12H,3-11,15H2,1-2H3. The molecule has 0 bridgehead atoms. The Hall–Kier alpha value is -0.0400. The van der Waals surface area contributed by atoms with Crippen molar-refractivity contribution in [2.24, 2.45) is 17.1 Å². The molecule has 2 rings (SSSR count). The second kappa shape index (κ2) is 4.08. The first-order chi connectivity index (χ1) is 6.99. The number of hydrogen-bond donors (Lipinski definition) is 1. The molecule has 0 amide bonds. The molecule has 0 aliphatic heterocycles. The Morgan fingerprint density at radius 3 is 2.27 bits per heavy atom. The average molecular weight is 209 g/mol. The van der Waals surface area contributed by atoms with Gasteiger partial charge < -0.3 is 5.73 Å². The quantitative estimate of drug-likeness (QED) is 0.734. The highest BCUT2D eigenvalue weighted by Gasteiger charge is 2.41. The molecule has 2 fully saturated rings. The molecule has 88 valence electrons. The number of hydrogen-bond acceptors (Lipinski definition) is 1. The summed E-state index contributed by atoms with van der Waals surface area (Å²) in [5.74, 6) is 0.942. The van der Waals surface area contributed by atoms with Gasteiger partial charge in [0.2, 0.25) is 0 Å². The fourth-order valence-corrected chi connectivity index (χ4v) is 3.86. The van der Waals surface area contributed by atoms with Gasteiger partial charge in [0.1, 0.15) is 0 Å². The summed E-state index contributed by atoms with van der Waals surface area (Å²) < 4.78 is 0. The van der Waals surface area contributed by atoms with Crippen LogP contribution in [0.2, 0.25) is 0 Å². The van der Waals surface area contributed by atoms with E-state index in [1.165, 1.54) is 57.8 Å². The Labute approximate surface area is 94.8 Å². The molecule has 15 heavy (non-hydrogen) atoms. The second-order valence-electron chi connectivity index (χ2n) is 6.91. The average Bonchev–Trinajstić information content (AvgIpc) is 2.42. The molecule has 1 heteroatoms. The van der Waals surface area contributed by atoms with E-state index < -0.39 is 0 Å². The summed E-state index contributed by atoms with van der Waals surface area (Å²) in [4.78, 5) is 0. The molecule has 0 saturated heterocycles. The van der Waals surface area contributed by atoms with Crippen molar-refractivity contribution in [2.75, 3.05) is 0 Å². The van der Waals surface area contributed by atoms with E-state index >= 15 is 0 Å². The monoisotopic (exact) mass is 209 g/mol. The zero-order valence-electron chi connectivity index (χ0n) is 10.5. The van der Waals surface area contributed by atoms with Gasteiger partial charge in [-0.1, -0.05) is 46.0 Å². The van der Waals surface area contributed by atoms with Gasteiger partial charge in [-0.05, 0) is 37.0 Å². The second-order valence-corrected chi connectivity index (χ2v) is 6.91. The van der Waals surface area contributed by atoms with E-state index in [9.17, 15) is 0 Å². The summed E-state index contributed by atoms with van der Waals surface area (Å²) in [6.45, 7) is 4.75. The van der Waals surface area contributed by atoms with E-state index in [4.69, 9.17) is 5.73 Å². The topological polar surface area (TPSA) is 26.0 Å².